The van der Waals surface area contributed by atoms with E-state index in [2.05, 4.69) is 20.5 Å². The predicted octanol–water partition coefficient (Wildman–Crippen LogP) is 3.33. The first kappa shape index (κ1) is 17.2. The van der Waals surface area contributed by atoms with Crippen molar-refractivity contribution < 1.29 is 14.3 Å². The number of nitro groups is 1. The number of nitrogens with one attached hydrogen (secondary N) is 1. The molecule has 0 atom stereocenters. The van der Waals surface area contributed by atoms with Gasteiger partial charge in [0, 0.05) is 18.8 Å². The molecule has 140 valence electrons. The maximum Gasteiger partial charge on any atom is 0.324 e. The number of aromatic nitrogens is 2. The highest BCUT2D eigenvalue weighted by atomic mass is 16.6. The first-order valence-corrected chi connectivity index (χ1v) is 8.65. The minimum atomic E-state index is -0.457. The van der Waals surface area contributed by atoms with Gasteiger partial charge in [-0.15, -0.1) is 0 Å². The molecule has 1 fully saturated rings. The van der Waals surface area contributed by atoms with Gasteiger partial charge in [0.05, 0.1) is 23.8 Å². The number of rotatable bonds is 4. The third kappa shape index (κ3) is 3.17. The van der Waals surface area contributed by atoms with Crippen LogP contribution in [0.15, 0.2) is 28.9 Å². The summed E-state index contributed by atoms with van der Waals surface area (Å²) in [7, 11) is 0. The summed E-state index contributed by atoms with van der Waals surface area (Å²) in [6.07, 6.45) is 0. The molecule has 3 aromatic rings. The summed E-state index contributed by atoms with van der Waals surface area (Å²) in [5.41, 5.74) is 4.39. The molecule has 2 aromatic carbocycles. The zero-order valence-electron chi connectivity index (χ0n) is 15.1. The molecule has 9 heteroatoms. The van der Waals surface area contributed by atoms with Crippen molar-refractivity contribution in [2.45, 2.75) is 13.8 Å². The highest BCUT2D eigenvalue weighted by Crippen LogP contribution is 2.40. The molecule has 0 bridgehead atoms. The third-order valence-corrected chi connectivity index (χ3v) is 4.68. The molecular weight excluding hydrogens is 350 g/mol. The van der Waals surface area contributed by atoms with Crippen LogP contribution in [0.5, 0.6) is 0 Å². The van der Waals surface area contributed by atoms with Crippen LogP contribution in [-0.2, 0) is 4.74 Å². The molecule has 0 spiro atoms. The van der Waals surface area contributed by atoms with Crippen molar-refractivity contribution in [3.05, 3.63) is 45.5 Å². The van der Waals surface area contributed by atoms with Crippen LogP contribution < -0.4 is 10.2 Å². The Morgan fingerprint density at radius 3 is 2.56 bits per heavy atom. The van der Waals surface area contributed by atoms with Gasteiger partial charge >= 0.3 is 5.69 Å². The molecule has 27 heavy (non-hydrogen) atoms. The van der Waals surface area contributed by atoms with Crippen LogP contribution in [0.4, 0.5) is 22.7 Å². The van der Waals surface area contributed by atoms with Gasteiger partial charge in [0.1, 0.15) is 5.69 Å². The lowest BCUT2D eigenvalue weighted by Gasteiger charge is -2.29. The van der Waals surface area contributed by atoms with Gasteiger partial charge in [0.15, 0.2) is 5.52 Å². The monoisotopic (exact) mass is 369 g/mol. The van der Waals surface area contributed by atoms with Crippen LogP contribution in [0.2, 0.25) is 0 Å². The van der Waals surface area contributed by atoms with Gasteiger partial charge in [0.25, 0.3) is 0 Å². The van der Waals surface area contributed by atoms with Crippen molar-refractivity contribution in [1.82, 2.24) is 10.3 Å². The van der Waals surface area contributed by atoms with Gasteiger partial charge in [0.2, 0.25) is 5.52 Å². The molecule has 1 saturated heterocycles. The van der Waals surface area contributed by atoms with Gasteiger partial charge in [-0.05, 0) is 41.9 Å². The molecule has 0 saturated carbocycles. The van der Waals surface area contributed by atoms with Crippen LogP contribution in [-0.4, -0.2) is 41.5 Å². The molecule has 1 N–H and O–H groups in total. The van der Waals surface area contributed by atoms with Gasteiger partial charge in [-0.1, -0.05) is 17.7 Å². The average Bonchev–Trinajstić information content (AvgIpc) is 3.13. The van der Waals surface area contributed by atoms with Crippen molar-refractivity contribution in [3.63, 3.8) is 0 Å². The molecule has 1 aliphatic rings. The smallest absolute Gasteiger partial charge is 0.324 e. The third-order valence-electron chi connectivity index (χ3n) is 4.68. The fourth-order valence-electron chi connectivity index (χ4n) is 3.34. The number of nitro benzene ring substituents is 1. The Morgan fingerprint density at radius 2 is 1.85 bits per heavy atom. The zero-order chi connectivity index (χ0) is 19.0. The molecule has 2 heterocycles. The highest BCUT2D eigenvalue weighted by Gasteiger charge is 2.28. The number of ether oxygens (including phenoxy) is 1. The molecule has 0 radical (unpaired) electrons. The Hall–Kier alpha value is -3.20. The van der Waals surface area contributed by atoms with E-state index >= 15 is 0 Å². The minimum absolute atomic E-state index is 0.135. The predicted molar refractivity (Wildman–Crippen MR) is 101 cm³/mol. The van der Waals surface area contributed by atoms with Crippen LogP contribution in [0.3, 0.4) is 0 Å². The van der Waals surface area contributed by atoms with Gasteiger partial charge in [-0.3, -0.25) is 10.1 Å². The van der Waals surface area contributed by atoms with Crippen LogP contribution in [0.25, 0.3) is 11.0 Å². The van der Waals surface area contributed by atoms with E-state index in [9.17, 15) is 10.1 Å². The lowest BCUT2D eigenvalue weighted by atomic mass is 10.1. The SMILES string of the molecule is Cc1ccc(Nc2cc(N3CCOCC3)c3nonc3c2[N+](=O)[O-])c(C)c1. The lowest BCUT2D eigenvalue weighted by Crippen LogP contribution is -2.36. The Kier molecular flexibility index (Phi) is 4.36. The van der Waals surface area contributed by atoms with Gasteiger partial charge in [-0.2, -0.15) is 0 Å². The summed E-state index contributed by atoms with van der Waals surface area (Å²) >= 11 is 0. The average molecular weight is 369 g/mol. The Labute approximate surface area is 155 Å². The fourth-order valence-corrected chi connectivity index (χ4v) is 3.34. The number of hydrogen-bond acceptors (Lipinski definition) is 8. The molecule has 9 nitrogen and oxygen atoms in total. The fraction of sp³-hybridized carbons (Fsp3) is 0.333. The van der Waals surface area contributed by atoms with E-state index < -0.39 is 4.92 Å². The number of fused-ring (bicyclic) bond motifs is 1. The van der Waals surface area contributed by atoms with Crippen LogP contribution in [0.1, 0.15) is 11.1 Å². The first-order valence-electron chi connectivity index (χ1n) is 8.65. The molecule has 1 aromatic heterocycles. The Bertz CT molecular complexity index is 1010. The summed E-state index contributed by atoms with van der Waals surface area (Å²) in [5, 5.41) is 22.7. The second-order valence-corrected chi connectivity index (χ2v) is 6.55. The number of aryl methyl sites for hydroxylation is 2. The van der Waals surface area contributed by atoms with E-state index in [0.29, 0.717) is 37.5 Å². The van der Waals surface area contributed by atoms with Gasteiger partial charge in [-0.25, -0.2) is 4.63 Å². The Balaban J connectivity index is 1.86. The standard InChI is InChI=1S/C18H19N5O4/c1-11-3-4-13(12(2)9-11)19-14-10-15(22-5-7-26-8-6-22)16-17(21-27-20-16)18(14)23(24)25/h3-4,9-10,19H,5-8H2,1-2H3. The topological polar surface area (TPSA) is 107 Å². The maximum absolute atomic E-state index is 11.8. The first-order chi connectivity index (χ1) is 13.0. The van der Waals surface area contributed by atoms with Crippen molar-refractivity contribution in [1.29, 1.82) is 0 Å². The number of benzene rings is 2. The Morgan fingerprint density at radius 1 is 1.11 bits per heavy atom. The number of hydrogen-bond donors (Lipinski definition) is 1. The summed E-state index contributed by atoms with van der Waals surface area (Å²) in [6, 6.07) is 7.64. The van der Waals surface area contributed by atoms with E-state index in [-0.39, 0.29) is 11.2 Å². The minimum Gasteiger partial charge on any atom is -0.378 e. The van der Waals surface area contributed by atoms with Crippen molar-refractivity contribution >= 4 is 33.8 Å². The van der Waals surface area contributed by atoms with Crippen LogP contribution in [0, 0.1) is 24.0 Å². The van der Waals surface area contributed by atoms with E-state index in [1.54, 1.807) is 6.07 Å². The second-order valence-electron chi connectivity index (χ2n) is 6.55. The van der Waals surface area contributed by atoms with E-state index in [4.69, 9.17) is 9.37 Å². The molecule has 0 unspecified atom stereocenters. The van der Waals surface area contributed by atoms with E-state index in [1.807, 2.05) is 32.0 Å². The largest absolute Gasteiger partial charge is 0.378 e. The van der Waals surface area contributed by atoms with E-state index in [1.165, 1.54) is 0 Å². The zero-order valence-corrected chi connectivity index (χ0v) is 15.1. The lowest BCUT2D eigenvalue weighted by molar-refractivity contribution is -0.382. The normalized spacial score (nSPS) is 14.5. The molecule has 4 rings (SSSR count). The summed E-state index contributed by atoms with van der Waals surface area (Å²) in [4.78, 5) is 13.4. The van der Waals surface area contributed by atoms with Crippen LogP contribution >= 0.6 is 0 Å². The van der Waals surface area contributed by atoms with Gasteiger partial charge < -0.3 is 15.0 Å². The molecule has 0 aliphatic carbocycles. The molecule has 0 amide bonds. The van der Waals surface area contributed by atoms with E-state index in [0.717, 1.165) is 22.5 Å². The summed E-state index contributed by atoms with van der Waals surface area (Å²) < 4.78 is 10.2. The highest BCUT2D eigenvalue weighted by molar-refractivity contribution is 6.00. The molecular formula is C18H19N5O4. The van der Waals surface area contributed by atoms with Crippen molar-refractivity contribution in [3.8, 4) is 0 Å². The number of anilines is 3. The summed E-state index contributed by atoms with van der Waals surface area (Å²) in [5.74, 6) is 0. The van der Waals surface area contributed by atoms with Crippen molar-refractivity contribution in [2.75, 3.05) is 36.5 Å². The second kappa shape index (κ2) is 6.84. The van der Waals surface area contributed by atoms with Crippen molar-refractivity contribution in [2.24, 2.45) is 0 Å². The number of nitrogens with zero attached hydrogens (tertiary/aromatic N) is 4. The number of morpholine rings is 1. The quantitative estimate of drug-likeness (QED) is 0.551. The molecule has 1 aliphatic heterocycles. The summed E-state index contributed by atoms with van der Waals surface area (Å²) in [6.45, 7) is 6.47. The maximum atomic E-state index is 11.8.